The molecule has 2 aromatic rings. The molecule has 1 aliphatic rings. The fourth-order valence-corrected chi connectivity index (χ4v) is 3.66. The fraction of sp³-hybridized carbons (Fsp3) is 0.421. The van der Waals surface area contributed by atoms with Crippen molar-refractivity contribution in [2.24, 2.45) is 17.6 Å². The van der Waals surface area contributed by atoms with Crippen LogP contribution >= 0.6 is 0 Å². The summed E-state index contributed by atoms with van der Waals surface area (Å²) in [4.78, 5) is 12.5. The molecule has 0 aliphatic heterocycles. The van der Waals surface area contributed by atoms with Crippen LogP contribution in [0.15, 0.2) is 36.4 Å². The van der Waals surface area contributed by atoms with Crippen LogP contribution in [-0.4, -0.2) is 19.6 Å². The molecule has 0 unspecified atom stereocenters. The number of rotatable bonds is 5. The van der Waals surface area contributed by atoms with Crippen LogP contribution in [0.3, 0.4) is 0 Å². The molecule has 1 saturated carbocycles. The molecule has 1 aliphatic carbocycles. The smallest absolute Gasteiger partial charge is 0.223 e. The predicted octanol–water partition coefficient (Wildman–Crippen LogP) is 2.84. The zero-order valence-electron chi connectivity index (χ0n) is 13.5. The van der Waals surface area contributed by atoms with E-state index >= 15 is 0 Å². The number of ether oxygens (including phenoxy) is 1. The molecule has 122 valence electrons. The first-order valence-electron chi connectivity index (χ1n) is 8.27. The van der Waals surface area contributed by atoms with Crippen molar-refractivity contribution in [3.8, 4) is 5.75 Å². The lowest BCUT2D eigenvalue weighted by Gasteiger charge is -2.18. The molecule has 0 aromatic heterocycles. The minimum Gasteiger partial charge on any atom is -0.496 e. The molecule has 1 fully saturated rings. The van der Waals surface area contributed by atoms with E-state index in [0.29, 0.717) is 19.0 Å². The summed E-state index contributed by atoms with van der Waals surface area (Å²) in [5.74, 6) is 1.31. The van der Waals surface area contributed by atoms with Crippen molar-refractivity contribution in [1.29, 1.82) is 0 Å². The van der Waals surface area contributed by atoms with E-state index in [0.717, 1.165) is 41.3 Å². The van der Waals surface area contributed by atoms with Gasteiger partial charge in [0.15, 0.2) is 0 Å². The molecule has 0 spiro atoms. The van der Waals surface area contributed by atoms with Crippen LogP contribution in [0.1, 0.15) is 24.8 Å². The van der Waals surface area contributed by atoms with E-state index in [1.807, 2.05) is 24.3 Å². The number of carbonyl (C=O) groups excluding carboxylic acids is 1. The first-order valence-corrected chi connectivity index (χ1v) is 8.27. The van der Waals surface area contributed by atoms with Crippen molar-refractivity contribution in [2.75, 3.05) is 13.7 Å². The third-order valence-electron chi connectivity index (χ3n) is 4.96. The highest BCUT2D eigenvalue weighted by Crippen LogP contribution is 2.32. The lowest BCUT2D eigenvalue weighted by atomic mass is 9.95. The Bertz CT molecular complexity index is 699. The predicted molar refractivity (Wildman–Crippen MR) is 92.2 cm³/mol. The molecule has 0 bridgehead atoms. The van der Waals surface area contributed by atoms with Gasteiger partial charge < -0.3 is 15.8 Å². The average molecular weight is 312 g/mol. The van der Waals surface area contributed by atoms with Crippen molar-refractivity contribution in [1.82, 2.24) is 5.32 Å². The summed E-state index contributed by atoms with van der Waals surface area (Å²) in [7, 11) is 1.66. The maximum Gasteiger partial charge on any atom is 0.223 e. The second-order valence-corrected chi connectivity index (χ2v) is 6.22. The Morgan fingerprint density at radius 2 is 2.09 bits per heavy atom. The van der Waals surface area contributed by atoms with Crippen molar-refractivity contribution in [2.45, 2.75) is 25.8 Å². The Morgan fingerprint density at radius 1 is 1.26 bits per heavy atom. The van der Waals surface area contributed by atoms with E-state index in [4.69, 9.17) is 10.5 Å². The lowest BCUT2D eigenvalue weighted by Crippen LogP contribution is -2.34. The zero-order chi connectivity index (χ0) is 16.2. The second-order valence-electron chi connectivity index (χ2n) is 6.22. The topological polar surface area (TPSA) is 64.3 Å². The number of hydrogen-bond donors (Lipinski definition) is 2. The van der Waals surface area contributed by atoms with Crippen molar-refractivity contribution >= 4 is 16.7 Å². The summed E-state index contributed by atoms with van der Waals surface area (Å²) in [6.07, 6.45) is 3.10. The molecular weight excluding hydrogens is 288 g/mol. The van der Waals surface area contributed by atoms with Gasteiger partial charge in [0.1, 0.15) is 5.75 Å². The Kier molecular flexibility index (Phi) is 4.82. The van der Waals surface area contributed by atoms with Gasteiger partial charge in [-0.1, -0.05) is 36.8 Å². The number of methoxy groups -OCH3 is 1. The zero-order valence-corrected chi connectivity index (χ0v) is 13.5. The van der Waals surface area contributed by atoms with Gasteiger partial charge in [0.25, 0.3) is 0 Å². The van der Waals surface area contributed by atoms with Crippen LogP contribution in [-0.2, 0) is 11.3 Å². The maximum atomic E-state index is 12.5. The summed E-state index contributed by atoms with van der Waals surface area (Å²) in [6, 6.07) is 12.2. The van der Waals surface area contributed by atoms with Crippen LogP contribution in [0.25, 0.3) is 10.8 Å². The van der Waals surface area contributed by atoms with E-state index in [1.165, 1.54) is 0 Å². The van der Waals surface area contributed by atoms with Gasteiger partial charge in [-0.15, -0.1) is 0 Å². The van der Waals surface area contributed by atoms with Gasteiger partial charge in [-0.25, -0.2) is 0 Å². The summed E-state index contributed by atoms with van der Waals surface area (Å²) >= 11 is 0. The van der Waals surface area contributed by atoms with Crippen LogP contribution < -0.4 is 15.8 Å². The number of fused-ring (bicyclic) bond motifs is 1. The molecular formula is C19H24N2O2. The van der Waals surface area contributed by atoms with E-state index in [-0.39, 0.29) is 11.8 Å². The van der Waals surface area contributed by atoms with Crippen LogP contribution in [0.4, 0.5) is 0 Å². The van der Waals surface area contributed by atoms with Crippen molar-refractivity contribution in [3.05, 3.63) is 42.0 Å². The average Bonchev–Trinajstić information content (AvgIpc) is 3.08. The molecule has 3 rings (SSSR count). The van der Waals surface area contributed by atoms with Gasteiger partial charge in [-0.3, -0.25) is 4.79 Å². The lowest BCUT2D eigenvalue weighted by molar-refractivity contribution is -0.126. The normalized spacial score (nSPS) is 20.6. The van der Waals surface area contributed by atoms with Gasteiger partial charge in [0, 0.05) is 18.0 Å². The van der Waals surface area contributed by atoms with Gasteiger partial charge in [0.2, 0.25) is 5.91 Å². The molecule has 0 heterocycles. The molecule has 2 aromatic carbocycles. The molecule has 0 radical (unpaired) electrons. The molecule has 0 saturated heterocycles. The Hall–Kier alpha value is -2.07. The molecule has 2 atom stereocenters. The monoisotopic (exact) mass is 312 g/mol. The molecule has 1 amide bonds. The second kappa shape index (κ2) is 7.01. The van der Waals surface area contributed by atoms with Crippen LogP contribution in [0.2, 0.25) is 0 Å². The van der Waals surface area contributed by atoms with Crippen LogP contribution in [0.5, 0.6) is 5.75 Å². The third kappa shape index (κ3) is 3.17. The number of nitrogens with one attached hydrogen (secondary N) is 1. The Morgan fingerprint density at radius 3 is 2.87 bits per heavy atom. The highest BCUT2D eigenvalue weighted by molar-refractivity contribution is 5.88. The summed E-state index contributed by atoms with van der Waals surface area (Å²) < 4.78 is 5.48. The highest BCUT2D eigenvalue weighted by atomic mass is 16.5. The Balaban J connectivity index is 1.80. The fourth-order valence-electron chi connectivity index (χ4n) is 3.66. The number of amides is 1. The summed E-state index contributed by atoms with van der Waals surface area (Å²) in [5.41, 5.74) is 6.82. The largest absolute Gasteiger partial charge is 0.496 e. The standard InChI is InChI=1S/C19H24N2O2/c1-23-18-10-9-13-5-2-3-7-15(13)17(18)12-21-19(22)16-8-4-6-14(16)11-20/h2-3,5,7,9-10,14,16H,4,6,8,11-12,20H2,1H3,(H,21,22)/t14-,16-/m1/s1. The number of carbonyl (C=O) groups is 1. The number of nitrogens with two attached hydrogens (primary N) is 1. The minimum absolute atomic E-state index is 0.0565. The molecule has 23 heavy (non-hydrogen) atoms. The van der Waals surface area contributed by atoms with E-state index < -0.39 is 0 Å². The van der Waals surface area contributed by atoms with E-state index in [9.17, 15) is 4.79 Å². The maximum absolute atomic E-state index is 12.5. The first-order chi connectivity index (χ1) is 11.2. The van der Waals surface area contributed by atoms with Crippen molar-refractivity contribution < 1.29 is 9.53 Å². The van der Waals surface area contributed by atoms with Gasteiger partial charge >= 0.3 is 0 Å². The van der Waals surface area contributed by atoms with E-state index in [2.05, 4.69) is 17.4 Å². The van der Waals surface area contributed by atoms with Crippen LogP contribution in [0, 0.1) is 11.8 Å². The summed E-state index contributed by atoms with van der Waals surface area (Å²) in [6.45, 7) is 1.08. The van der Waals surface area contributed by atoms with Gasteiger partial charge in [-0.05, 0) is 42.1 Å². The first kappa shape index (κ1) is 15.8. The van der Waals surface area contributed by atoms with Gasteiger partial charge in [0.05, 0.1) is 7.11 Å². The Labute approximate surface area is 137 Å². The van der Waals surface area contributed by atoms with Gasteiger partial charge in [-0.2, -0.15) is 0 Å². The number of hydrogen-bond acceptors (Lipinski definition) is 3. The van der Waals surface area contributed by atoms with Crippen molar-refractivity contribution in [3.63, 3.8) is 0 Å². The van der Waals surface area contributed by atoms with E-state index in [1.54, 1.807) is 7.11 Å². The highest BCUT2D eigenvalue weighted by Gasteiger charge is 2.31. The molecule has 4 nitrogen and oxygen atoms in total. The minimum atomic E-state index is 0.0565. The summed E-state index contributed by atoms with van der Waals surface area (Å²) in [5, 5.41) is 5.37. The SMILES string of the molecule is COc1ccc2ccccc2c1CNC(=O)[C@@H]1CCC[C@@H]1CN. The molecule has 3 N–H and O–H groups in total. The third-order valence-corrected chi connectivity index (χ3v) is 4.96. The molecule has 4 heteroatoms. The number of benzene rings is 2. The quantitative estimate of drug-likeness (QED) is 0.892.